The van der Waals surface area contributed by atoms with E-state index in [1.807, 2.05) is 29.2 Å². The molecule has 1 aliphatic carbocycles. The number of benzene rings is 1. The van der Waals surface area contributed by atoms with E-state index in [9.17, 15) is 4.79 Å². The molecule has 0 atom stereocenters. The number of nitrogens with one attached hydrogen (secondary N) is 1. The number of hydrogen-bond donors (Lipinski definition) is 1. The molecule has 1 aliphatic heterocycles. The van der Waals surface area contributed by atoms with Gasteiger partial charge in [0.15, 0.2) is 0 Å². The van der Waals surface area contributed by atoms with E-state index in [2.05, 4.69) is 24.3 Å². The van der Waals surface area contributed by atoms with Crippen LogP contribution in [0.2, 0.25) is 0 Å². The molecule has 6 nitrogen and oxygen atoms in total. The van der Waals surface area contributed by atoms with Crippen molar-refractivity contribution >= 4 is 6.03 Å². The molecule has 1 aromatic carbocycles. The zero-order chi connectivity index (χ0) is 20.2. The van der Waals surface area contributed by atoms with Crippen LogP contribution in [0.4, 0.5) is 4.79 Å². The van der Waals surface area contributed by atoms with Crippen molar-refractivity contribution in [3.8, 4) is 5.75 Å². The number of ether oxygens (including phenoxy) is 2. The van der Waals surface area contributed by atoms with Gasteiger partial charge >= 0.3 is 6.03 Å². The summed E-state index contributed by atoms with van der Waals surface area (Å²) >= 11 is 0. The van der Waals surface area contributed by atoms with Crippen molar-refractivity contribution < 1.29 is 14.3 Å². The topological polar surface area (TPSA) is 54.0 Å². The van der Waals surface area contributed by atoms with Gasteiger partial charge in [0.1, 0.15) is 5.75 Å². The van der Waals surface area contributed by atoms with Crippen LogP contribution < -0.4 is 10.1 Å². The van der Waals surface area contributed by atoms with Crippen molar-refractivity contribution in [1.82, 2.24) is 15.1 Å². The first-order chi connectivity index (χ1) is 13.4. The van der Waals surface area contributed by atoms with Crippen LogP contribution in [-0.2, 0) is 11.3 Å². The third-order valence-electron chi connectivity index (χ3n) is 6.76. The number of nitrogens with zero attached hydrogens (tertiary/aromatic N) is 2. The van der Waals surface area contributed by atoms with E-state index in [4.69, 9.17) is 9.47 Å². The molecule has 1 N–H and O–H groups in total. The van der Waals surface area contributed by atoms with Gasteiger partial charge in [-0.05, 0) is 70.3 Å². The maximum atomic E-state index is 12.6. The Labute approximate surface area is 169 Å². The molecule has 0 unspecified atom stereocenters. The molecule has 1 spiro atoms. The first kappa shape index (κ1) is 20.9. The molecule has 0 radical (unpaired) electrons. The second-order valence-electron chi connectivity index (χ2n) is 8.63. The lowest BCUT2D eigenvalue weighted by Gasteiger charge is -2.48. The quantitative estimate of drug-likeness (QED) is 0.694. The van der Waals surface area contributed by atoms with Crippen molar-refractivity contribution in [3.05, 3.63) is 29.8 Å². The maximum Gasteiger partial charge on any atom is 0.318 e. The Morgan fingerprint density at radius 2 is 1.79 bits per heavy atom. The van der Waals surface area contributed by atoms with E-state index >= 15 is 0 Å². The molecule has 2 amide bonds. The van der Waals surface area contributed by atoms with Crippen LogP contribution in [0.5, 0.6) is 5.75 Å². The summed E-state index contributed by atoms with van der Waals surface area (Å²) in [4.78, 5) is 17.0. The molecule has 2 fully saturated rings. The van der Waals surface area contributed by atoms with Gasteiger partial charge in [0, 0.05) is 32.3 Å². The summed E-state index contributed by atoms with van der Waals surface area (Å²) in [5.74, 6) is 0.840. The van der Waals surface area contributed by atoms with E-state index in [1.54, 1.807) is 14.2 Å². The predicted molar refractivity (Wildman–Crippen MR) is 111 cm³/mol. The fourth-order valence-electron chi connectivity index (χ4n) is 4.81. The standard InChI is InChI=1S/C22H35N3O3/c1-24(2)22(10-5-15-27-3)13-11-21(12-14-22)17-25(20(26)23-21)16-18-6-8-19(28-4)9-7-18/h6-9H,5,10-17H2,1-4H3,(H,23,26)/t21-,22+. The Kier molecular flexibility index (Phi) is 6.50. The lowest BCUT2D eigenvalue weighted by Crippen LogP contribution is -2.55. The predicted octanol–water partition coefficient (Wildman–Crippen LogP) is 3.26. The second-order valence-corrected chi connectivity index (χ2v) is 8.63. The summed E-state index contributed by atoms with van der Waals surface area (Å²) in [5, 5.41) is 3.33. The van der Waals surface area contributed by atoms with Crippen LogP contribution in [0.15, 0.2) is 24.3 Å². The summed E-state index contributed by atoms with van der Waals surface area (Å²) in [6.45, 7) is 2.25. The highest BCUT2D eigenvalue weighted by molar-refractivity contribution is 5.78. The Balaban J connectivity index is 1.61. The zero-order valence-corrected chi connectivity index (χ0v) is 17.8. The van der Waals surface area contributed by atoms with E-state index in [1.165, 1.54) is 0 Å². The van der Waals surface area contributed by atoms with Gasteiger partial charge in [0.05, 0.1) is 12.6 Å². The van der Waals surface area contributed by atoms with Crippen LogP contribution in [0.3, 0.4) is 0 Å². The summed E-state index contributed by atoms with van der Waals surface area (Å²) in [6, 6.07) is 8.03. The number of rotatable bonds is 8. The fraction of sp³-hybridized carbons (Fsp3) is 0.682. The number of hydrogen-bond acceptors (Lipinski definition) is 4. The average Bonchev–Trinajstić information content (AvgIpc) is 2.99. The largest absolute Gasteiger partial charge is 0.497 e. The number of amides is 2. The van der Waals surface area contributed by atoms with Crippen LogP contribution in [0.1, 0.15) is 44.1 Å². The van der Waals surface area contributed by atoms with Crippen molar-refractivity contribution in [1.29, 1.82) is 0 Å². The van der Waals surface area contributed by atoms with Crippen molar-refractivity contribution in [2.45, 2.75) is 56.1 Å². The number of carbonyl (C=O) groups is 1. The summed E-state index contributed by atoms with van der Waals surface area (Å²) in [7, 11) is 7.81. The molecule has 1 aromatic rings. The van der Waals surface area contributed by atoms with Crippen molar-refractivity contribution in [2.24, 2.45) is 0 Å². The molecule has 6 heteroatoms. The van der Waals surface area contributed by atoms with Gasteiger partial charge in [-0.1, -0.05) is 12.1 Å². The average molecular weight is 390 g/mol. The van der Waals surface area contributed by atoms with Crippen molar-refractivity contribution in [3.63, 3.8) is 0 Å². The lowest BCUT2D eigenvalue weighted by molar-refractivity contribution is 0.0475. The van der Waals surface area contributed by atoms with E-state index < -0.39 is 0 Å². The minimum absolute atomic E-state index is 0.0626. The highest BCUT2D eigenvalue weighted by Gasteiger charge is 2.49. The molecule has 156 valence electrons. The Bertz CT molecular complexity index is 651. The molecule has 2 aliphatic rings. The number of urea groups is 1. The smallest absolute Gasteiger partial charge is 0.318 e. The SMILES string of the molecule is COCCC[C@]1(N(C)C)CC[C@@]2(CC1)CN(Cc1ccc(OC)cc1)C(=O)N2. The summed E-state index contributed by atoms with van der Waals surface area (Å²) in [5.41, 5.74) is 1.27. The van der Waals surface area contributed by atoms with Gasteiger partial charge in [0.2, 0.25) is 0 Å². The van der Waals surface area contributed by atoms with Crippen LogP contribution >= 0.6 is 0 Å². The van der Waals surface area contributed by atoms with Gasteiger partial charge < -0.3 is 24.6 Å². The second kappa shape index (κ2) is 8.70. The molecule has 0 aromatic heterocycles. The Hall–Kier alpha value is -1.79. The maximum absolute atomic E-state index is 12.6. The third kappa shape index (κ3) is 4.44. The van der Waals surface area contributed by atoms with Crippen LogP contribution in [0.25, 0.3) is 0 Å². The third-order valence-corrected chi connectivity index (χ3v) is 6.76. The van der Waals surface area contributed by atoms with E-state index in [0.717, 1.165) is 63.0 Å². The molecule has 28 heavy (non-hydrogen) atoms. The van der Waals surface area contributed by atoms with Gasteiger partial charge in [-0.15, -0.1) is 0 Å². The van der Waals surface area contributed by atoms with Crippen molar-refractivity contribution in [2.75, 3.05) is 41.5 Å². The first-order valence-corrected chi connectivity index (χ1v) is 10.3. The first-order valence-electron chi connectivity index (χ1n) is 10.3. The molecule has 3 rings (SSSR count). The zero-order valence-electron chi connectivity index (χ0n) is 17.8. The highest BCUT2D eigenvalue weighted by atomic mass is 16.5. The molecular weight excluding hydrogens is 354 g/mol. The Morgan fingerprint density at radius 3 is 2.36 bits per heavy atom. The van der Waals surface area contributed by atoms with Gasteiger partial charge in [-0.25, -0.2) is 4.79 Å². The summed E-state index contributed by atoms with van der Waals surface area (Å²) < 4.78 is 10.5. The fourth-order valence-corrected chi connectivity index (χ4v) is 4.81. The highest BCUT2D eigenvalue weighted by Crippen LogP contribution is 2.42. The molecule has 1 saturated carbocycles. The van der Waals surface area contributed by atoms with Gasteiger partial charge in [0.25, 0.3) is 0 Å². The molecule has 1 saturated heterocycles. The van der Waals surface area contributed by atoms with E-state index in [0.29, 0.717) is 6.54 Å². The lowest BCUT2D eigenvalue weighted by atomic mass is 9.70. The van der Waals surface area contributed by atoms with Gasteiger partial charge in [-0.3, -0.25) is 0 Å². The minimum Gasteiger partial charge on any atom is -0.497 e. The molecular formula is C22H35N3O3. The molecule has 0 bridgehead atoms. The number of methoxy groups -OCH3 is 2. The van der Waals surface area contributed by atoms with Crippen LogP contribution in [-0.4, -0.2) is 68.4 Å². The minimum atomic E-state index is -0.0790. The number of carbonyl (C=O) groups excluding carboxylic acids is 1. The molecule has 1 heterocycles. The summed E-state index contributed by atoms with van der Waals surface area (Å²) in [6.07, 6.45) is 6.51. The van der Waals surface area contributed by atoms with Crippen LogP contribution in [0, 0.1) is 0 Å². The normalized spacial score (nSPS) is 27.5. The van der Waals surface area contributed by atoms with Gasteiger partial charge in [-0.2, -0.15) is 0 Å². The monoisotopic (exact) mass is 389 g/mol. The van der Waals surface area contributed by atoms with E-state index in [-0.39, 0.29) is 17.1 Å². The Morgan fingerprint density at radius 1 is 1.11 bits per heavy atom.